The lowest BCUT2D eigenvalue weighted by atomic mass is 10.3. The van der Waals surface area contributed by atoms with Crippen molar-refractivity contribution in [3.63, 3.8) is 0 Å². The Bertz CT molecular complexity index is 556. The molecule has 1 aliphatic rings. The van der Waals surface area contributed by atoms with Crippen LogP contribution in [-0.2, 0) is 16.1 Å². The summed E-state index contributed by atoms with van der Waals surface area (Å²) < 4.78 is 2.08. The minimum Gasteiger partial charge on any atom is -0.354 e. The normalized spacial score (nSPS) is 15.3. The van der Waals surface area contributed by atoms with Crippen molar-refractivity contribution in [1.29, 1.82) is 0 Å². The number of nitrogens with zero attached hydrogens (tertiary/aromatic N) is 3. The van der Waals surface area contributed by atoms with E-state index in [1.807, 2.05) is 6.92 Å². The van der Waals surface area contributed by atoms with Gasteiger partial charge in [0.15, 0.2) is 5.16 Å². The number of hydrogen-bond donors (Lipinski definition) is 2. The number of carbonyl (C=O) groups excluding carboxylic acids is 2. The first kappa shape index (κ1) is 17.8. The first-order chi connectivity index (χ1) is 11.1. The second-order valence-electron chi connectivity index (χ2n) is 5.73. The average Bonchev–Trinajstić information content (AvgIpc) is 3.30. The second-order valence-corrected chi connectivity index (χ2v) is 6.67. The molecule has 0 saturated heterocycles. The van der Waals surface area contributed by atoms with Gasteiger partial charge in [-0.1, -0.05) is 18.7 Å². The van der Waals surface area contributed by atoms with E-state index in [1.54, 1.807) is 6.92 Å². The molecular weight excluding hydrogens is 314 g/mol. The Labute approximate surface area is 141 Å². The van der Waals surface area contributed by atoms with Crippen LogP contribution in [-0.4, -0.2) is 44.9 Å². The Hall–Kier alpha value is -1.57. The van der Waals surface area contributed by atoms with Crippen molar-refractivity contribution < 1.29 is 9.59 Å². The quantitative estimate of drug-likeness (QED) is 0.662. The van der Waals surface area contributed by atoms with E-state index in [1.165, 1.54) is 24.6 Å². The molecule has 1 saturated carbocycles. The van der Waals surface area contributed by atoms with Gasteiger partial charge in [-0.05, 0) is 33.1 Å². The highest BCUT2D eigenvalue weighted by atomic mass is 32.2. The SMILES string of the molecule is CCCNC(=O)[C@H](C)NC(=O)CSc1nnc(C2CC2)n1CC. The fourth-order valence-corrected chi connectivity index (χ4v) is 3.05. The van der Waals surface area contributed by atoms with Gasteiger partial charge in [0.05, 0.1) is 5.75 Å². The summed E-state index contributed by atoms with van der Waals surface area (Å²) in [6.07, 6.45) is 3.22. The molecule has 128 valence electrons. The van der Waals surface area contributed by atoms with Gasteiger partial charge in [0.25, 0.3) is 0 Å². The highest BCUT2D eigenvalue weighted by Crippen LogP contribution is 2.39. The van der Waals surface area contributed by atoms with Crippen LogP contribution in [0.25, 0.3) is 0 Å². The summed E-state index contributed by atoms with van der Waals surface area (Å²) in [6, 6.07) is -0.527. The molecule has 0 radical (unpaired) electrons. The smallest absolute Gasteiger partial charge is 0.242 e. The molecule has 0 unspecified atom stereocenters. The van der Waals surface area contributed by atoms with Gasteiger partial charge in [0.1, 0.15) is 11.9 Å². The molecule has 1 aliphatic carbocycles. The molecule has 7 nitrogen and oxygen atoms in total. The van der Waals surface area contributed by atoms with E-state index in [4.69, 9.17) is 0 Å². The predicted octanol–water partition coefficient (Wildman–Crippen LogP) is 1.30. The average molecular weight is 339 g/mol. The number of nitrogens with one attached hydrogen (secondary N) is 2. The zero-order valence-electron chi connectivity index (χ0n) is 14.0. The van der Waals surface area contributed by atoms with Crippen LogP contribution in [0.3, 0.4) is 0 Å². The van der Waals surface area contributed by atoms with Crippen LogP contribution in [0, 0.1) is 0 Å². The Morgan fingerprint density at radius 1 is 1.35 bits per heavy atom. The van der Waals surface area contributed by atoms with Crippen LogP contribution >= 0.6 is 11.8 Å². The largest absolute Gasteiger partial charge is 0.354 e. The molecule has 2 N–H and O–H groups in total. The third kappa shape index (κ3) is 4.95. The van der Waals surface area contributed by atoms with E-state index in [-0.39, 0.29) is 17.6 Å². The van der Waals surface area contributed by atoms with E-state index in [9.17, 15) is 9.59 Å². The van der Waals surface area contributed by atoms with Crippen LogP contribution in [0.15, 0.2) is 5.16 Å². The molecule has 0 bridgehead atoms. The number of carbonyl (C=O) groups is 2. The maximum absolute atomic E-state index is 12.0. The first-order valence-corrected chi connectivity index (χ1v) is 9.18. The molecule has 1 heterocycles. The van der Waals surface area contributed by atoms with Crippen LogP contribution in [0.4, 0.5) is 0 Å². The van der Waals surface area contributed by atoms with Gasteiger partial charge in [-0.15, -0.1) is 10.2 Å². The number of hydrogen-bond acceptors (Lipinski definition) is 5. The molecule has 1 atom stereocenters. The molecule has 2 amide bonds. The molecule has 1 fully saturated rings. The van der Waals surface area contributed by atoms with E-state index in [0.29, 0.717) is 12.5 Å². The summed E-state index contributed by atoms with van der Waals surface area (Å²) in [5.74, 6) is 1.47. The lowest BCUT2D eigenvalue weighted by Crippen LogP contribution is -2.45. The van der Waals surface area contributed by atoms with E-state index in [2.05, 4.69) is 32.3 Å². The molecule has 8 heteroatoms. The summed E-state index contributed by atoms with van der Waals surface area (Å²) in [7, 11) is 0. The standard InChI is InChI=1S/C15H25N5O2S/c1-4-8-16-14(22)10(3)17-12(21)9-23-15-19-18-13(11-6-7-11)20(15)5-2/h10-11H,4-9H2,1-3H3,(H,16,22)(H,17,21)/t10-/m0/s1. The summed E-state index contributed by atoms with van der Waals surface area (Å²) >= 11 is 1.36. The van der Waals surface area contributed by atoms with Gasteiger partial charge in [0, 0.05) is 19.0 Å². The lowest BCUT2D eigenvalue weighted by Gasteiger charge is -2.13. The Morgan fingerprint density at radius 2 is 2.09 bits per heavy atom. The summed E-state index contributed by atoms with van der Waals surface area (Å²) in [5, 5.41) is 14.7. The van der Waals surface area contributed by atoms with Crippen molar-refractivity contribution in [3.8, 4) is 0 Å². The predicted molar refractivity (Wildman–Crippen MR) is 89.3 cm³/mol. The maximum Gasteiger partial charge on any atom is 0.242 e. The van der Waals surface area contributed by atoms with Crippen LogP contribution in [0.1, 0.15) is 51.8 Å². The highest BCUT2D eigenvalue weighted by Gasteiger charge is 2.30. The first-order valence-electron chi connectivity index (χ1n) is 8.19. The highest BCUT2D eigenvalue weighted by molar-refractivity contribution is 7.99. The van der Waals surface area contributed by atoms with Crippen molar-refractivity contribution in [2.75, 3.05) is 12.3 Å². The number of aromatic nitrogens is 3. The van der Waals surface area contributed by atoms with Crippen molar-refractivity contribution in [3.05, 3.63) is 5.82 Å². The zero-order chi connectivity index (χ0) is 16.8. The molecule has 0 aromatic carbocycles. The lowest BCUT2D eigenvalue weighted by molar-refractivity contribution is -0.127. The van der Waals surface area contributed by atoms with Gasteiger partial charge in [-0.2, -0.15) is 0 Å². The third-order valence-electron chi connectivity index (χ3n) is 3.66. The summed E-state index contributed by atoms with van der Waals surface area (Å²) in [4.78, 5) is 23.7. The zero-order valence-corrected chi connectivity index (χ0v) is 14.8. The number of amides is 2. The monoisotopic (exact) mass is 339 g/mol. The minimum absolute atomic E-state index is 0.155. The van der Waals surface area contributed by atoms with Gasteiger partial charge in [-0.25, -0.2) is 0 Å². The van der Waals surface area contributed by atoms with Crippen LogP contribution in [0.2, 0.25) is 0 Å². The van der Waals surface area contributed by atoms with Crippen LogP contribution < -0.4 is 10.6 Å². The van der Waals surface area contributed by atoms with Gasteiger partial charge >= 0.3 is 0 Å². The minimum atomic E-state index is -0.527. The Balaban J connectivity index is 1.81. The van der Waals surface area contributed by atoms with Crippen molar-refractivity contribution >= 4 is 23.6 Å². The maximum atomic E-state index is 12.0. The number of thioether (sulfide) groups is 1. The molecule has 0 aliphatic heterocycles. The van der Waals surface area contributed by atoms with Crippen molar-refractivity contribution in [2.45, 2.75) is 63.7 Å². The molecule has 23 heavy (non-hydrogen) atoms. The topological polar surface area (TPSA) is 88.9 Å². The van der Waals surface area contributed by atoms with Crippen LogP contribution in [0.5, 0.6) is 0 Å². The van der Waals surface area contributed by atoms with Gasteiger partial charge in [-0.3, -0.25) is 9.59 Å². The fraction of sp³-hybridized carbons (Fsp3) is 0.733. The Morgan fingerprint density at radius 3 is 2.70 bits per heavy atom. The van der Waals surface area contributed by atoms with Crippen molar-refractivity contribution in [2.24, 2.45) is 0 Å². The Kier molecular flexibility index (Phi) is 6.44. The van der Waals surface area contributed by atoms with E-state index in [0.717, 1.165) is 23.9 Å². The molecular formula is C15H25N5O2S. The van der Waals surface area contributed by atoms with E-state index >= 15 is 0 Å². The molecule has 2 rings (SSSR count). The fourth-order valence-electron chi connectivity index (χ4n) is 2.23. The molecule has 1 aromatic rings. The number of rotatable bonds is 9. The summed E-state index contributed by atoms with van der Waals surface area (Å²) in [5.41, 5.74) is 0. The van der Waals surface area contributed by atoms with Crippen molar-refractivity contribution in [1.82, 2.24) is 25.4 Å². The molecule has 1 aromatic heterocycles. The second kappa shape index (κ2) is 8.33. The summed E-state index contributed by atoms with van der Waals surface area (Å²) in [6.45, 7) is 7.16. The molecule has 0 spiro atoms. The van der Waals surface area contributed by atoms with Gasteiger partial charge < -0.3 is 15.2 Å². The van der Waals surface area contributed by atoms with E-state index < -0.39 is 6.04 Å². The van der Waals surface area contributed by atoms with Gasteiger partial charge in [0.2, 0.25) is 11.8 Å². The third-order valence-corrected chi connectivity index (χ3v) is 4.62.